The third kappa shape index (κ3) is 3.40. The lowest BCUT2D eigenvalue weighted by molar-refractivity contribution is -0.121. The molecule has 2 aromatic carbocycles. The molecular weight excluding hydrogens is 312 g/mol. The lowest BCUT2D eigenvalue weighted by Crippen LogP contribution is -2.29. The summed E-state index contributed by atoms with van der Waals surface area (Å²) in [5, 5.41) is 9.88. The van der Waals surface area contributed by atoms with Gasteiger partial charge in [-0.15, -0.1) is 0 Å². The average molecular weight is 334 g/mol. The van der Waals surface area contributed by atoms with Crippen molar-refractivity contribution in [2.24, 2.45) is 7.05 Å². The van der Waals surface area contributed by atoms with E-state index >= 15 is 0 Å². The molecule has 3 aromatic rings. The number of fused-ring (bicyclic) bond motifs is 1. The summed E-state index contributed by atoms with van der Waals surface area (Å²) in [5.74, 6) is 2.08. The van der Waals surface area contributed by atoms with E-state index in [1.54, 1.807) is 4.68 Å². The zero-order chi connectivity index (χ0) is 17.4. The van der Waals surface area contributed by atoms with Crippen molar-refractivity contribution in [2.45, 2.75) is 38.1 Å². The fourth-order valence-corrected chi connectivity index (χ4v) is 3.10. The summed E-state index contributed by atoms with van der Waals surface area (Å²) in [5.41, 5.74) is 1.10. The van der Waals surface area contributed by atoms with Crippen LogP contribution in [0.3, 0.4) is 0 Å². The van der Waals surface area contributed by atoms with Crippen molar-refractivity contribution in [2.75, 3.05) is 0 Å². The summed E-state index contributed by atoms with van der Waals surface area (Å²) in [6, 6.07) is 14.5. The molecule has 1 aromatic heterocycles. The van der Waals surface area contributed by atoms with Crippen LogP contribution in [0, 0.1) is 0 Å². The minimum absolute atomic E-state index is 0.0292. The van der Waals surface area contributed by atoms with Crippen molar-refractivity contribution in [3.05, 3.63) is 59.7 Å². The highest BCUT2D eigenvalue weighted by atomic mass is 16.1. The Balaban J connectivity index is 1.44. The summed E-state index contributed by atoms with van der Waals surface area (Å²) in [7, 11) is 1.86. The van der Waals surface area contributed by atoms with E-state index in [1.807, 2.05) is 26.1 Å². The molecule has 5 heteroatoms. The van der Waals surface area contributed by atoms with Crippen LogP contribution in [-0.2, 0) is 18.3 Å². The molecule has 1 N–H and O–H groups in total. The number of hydrogen-bond donors (Lipinski definition) is 1. The van der Waals surface area contributed by atoms with E-state index in [4.69, 9.17) is 0 Å². The second-order valence-corrected chi connectivity index (χ2v) is 6.86. The summed E-state index contributed by atoms with van der Waals surface area (Å²) >= 11 is 0. The van der Waals surface area contributed by atoms with Gasteiger partial charge in [-0.2, -0.15) is 5.10 Å². The molecule has 4 rings (SSSR count). The van der Waals surface area contributed by atoms with Gasteiger partial charge in [0.2, 0.25) is 5.91 Å². The maximum absolute atomic E-state index is 12.4. The van der Waals surface area contributed by atoms with Gasteiger partial charge in [-0.1, -0.05) is 36.4 Å². The summed E-state index contributed by atoms with van der Waals surface area (Å²) in [4.78, 5) is 16.9. The number of carbonyl (C=O) groups excluding carboxylic acids is 1. The number of carbonyl (C=O) groups is 1. The van der Waals surface area contributed by atoms with Gasteiger partial charge in [0.1, 0.15) is 5.82 Å². The van der Waals surface area contributed by atoms with E-state index in [2.05, 4.69) is 45.7 Å². The Bertz CT molecular complexity index is 926. The minimum atomic E-state index is -0.0479. The number of aromatic nitrogens is 3. The van der Waals surface area contributed by atoms with Crippen molar-refractivity contribution < 1.29 is 4.79 Å². The molecule has 0 bridgehead atoms. The Hall–Kier alpha value is -2.69. The molecule has 1 aliphatic rings. The molecule has 0 radical (unpaired) electrons. The number of rotatable bonds is 5. The number of benzene rings is 2. The van der Waals surface area contributed by atoms with Gasteiger partial charge >= 0.3 is 0 Å². The van der Waals surface area contributed by atoms with Gasteiger partial charge in [0.25, 0.3) is 0 Å². The number of hydrogen-bond acceptors (Lipinski definition) is 3. The lowest BCUT2D eigenvalue weighted by Gasteiger charge is -2.15. The quantitative estimate of drug-likeness (QED) is 0.779. The largest absolute Gasteiger partial charge is 0.349 e. The standard InChI is InChI=1S/C20H22N4O/c1-13(16-10-7-14-5-3-4-6-17(14)11-16)21-19(25)12-18-22-20(15-8-9-15)23-24(18)2/h3-7,10-11,13,15H,8-9,12H2,1-2H3,(H,21,25)/t13-/m0/s1. The first-order valence-corrected chi connectivity index (χ1v) is 8.78. The number of amides is 1. The molecule has 5 nitrogen and oxygen atoms in total. The molecule has 0 unspecified atom stereocenters. The first-order chi connectivity index (χ1) is 12.1. The van der Waals surface area contributed by atoms with E-state index in [1.165, 1.54) is 10.8 Å². The monoisotopic (exact) mass is 334 g/mol. The summed E-state index contributed by atoms with van der Waals surface area (Å²) < 4.78 is 1.73. The van der Waals surface area contributed by atoms with Gasteiger partial charge in [-0.05, 0) is 42.2 Å². The van der Waals surface area contributed by atoms with E-state index < -0.39 is 0 Å². The van der Waals surface area contributed by atoms with E-state index in [0.717, 1.165) is 30.1 Å². The van der Waals surface area contributed by atoms with E-state index in [-0.39, 0.29) is 18.4 Å². The van der Waals surface area contributed by atoms with Crippen LogP contribution in [0.15, 0.2) is 42.5 Å². The molecule has 1 saturated carbocycles. The van der Waals surface area contributed by atoms with Crippen molar-refractivity contribution in [3.63, 3.8) is 0 Å². The minimum Gasteiger partial charge on any atom is -0.349 e. The fraction of sp³-hybridized carbons (Fsp3) is 0.350. The molecule has 1 amide bonds. The molecule has 0 aliphatic heterocycles. The molecule has 1 aliphatic carbocycles. The maximum Gasteiger partial charge on any atom is 0.228 e. The molecule has 1 fully saturated rings. The lowest BCUT2D eigenvalue weighted by atomic mass is 10.0. The third-order valence-electron chi connectivity index (χ3n) is 4.78. The van der Waals surface area contributed by atoms with E-state index in [0.29, 0.717) is 5.92 Å². The molecule has 1 atom stereocenters. The third-order valence-corrected chi connectivity index (χ3v) is 4.78. The van der Waals surface area contributed by atoms with Crippen LogP contribution < -0.4 is 5.32 Å². The SMILES string of the molecule is C[C@H](NC(=O)Cc1nc(C2CC2)nn1C)c1ccc2ccccc2c1. The van der Waals surface area contributed by atoms with Crippen molar-refractivity contribution >= 4 is 16.7 Å². The maximum atomic E-state index is 12.4. The van der Waals surface area contributed by atoms with Crippen LogP contribution in [0.1, 0.15) is 48.9 Å². The van der Waals surface area contributed by atoms with Gasteiger partial charge in [0.05, 0.1) is 12.5 Å². The van der Waals surface area contributed by atoms with Gasteiger partial charge in [-0.25, -0.2) is 4.98 Å². The second kappa shape index (κ2) is 6.31. The topological polar surface area (TPSA) is 59.8 Å². The fourth-order valence-electron chi connectivity index (χ4n) is 3.10. The normalized spacial score (nSPS) is 15.3. The van der Waals surface area contributed by atoms with E-state index in [9.17, 15) is 4.79 Å². The highest BCUT2D eigenvalue weighted by Gasteiger charge is 2.28. The Morgan fingerprint density at radius 1 is 1.24 bits per heavy atom. The van der Waals surface area contributed by atoms with Crippen molar-refractivity contribution in [1.29, 1.82) is 0 Å². The Morgan fingerprint density at radius 2 is 2.00 bits per heavy atom. The first kappa shape index (κ1) is 15.8. The second-order valence-electron chi connectivity index (χ2n) is 6.86. The number of nitrogens with one attached hydrogen (secondary N) is 1. The van der Waals surface area contributed by atoms with Crippen LogP contribution in [0.5, 0.6) is 0 Å². The Morgan fingerprint density at radius 3 is 2.76 bits per heavy atom. The summed E-state index contributed by atoms with van der Waals surface area (Å²) in [6.45, 7) is 2.01. The number of nitrogens with zero attached hydrogens (tertiary/aromatic N) is 3. The van der Waals surface area contributed by atoms with Gasteiger partial charge in [-0.3, -0.25) is 9.48 Å². The van der Waals surface area contributed by atoms with Crippen molar-refractivity contribution in [3.8, 4) is 0 Å². The zero-order valence-corrected chi connectivity index (χ0v) is 14.6. The van der Waals surface area contributed by atoms with Crippen LogP contribution >= 0.6 is 0 Å². The molecule has 1 heterocycles. The predicted molar refractivity (Wildman–Crippen MR) is 97.2 cm³/mol. The average Bonchev–Trinajstić information content (AvgIpc) is 3.39. The van der Waals surface area contributed by atoms with Crippen LogP contribution in [0.25, 0.3) is 10.8 Å². The van der Waals surface area contributed by atoms with Gasteiger partial charge in [0.15, 0.2) is 5.82 Å². The molecular formula is C20H22N4O. The molecule has 0 saturated heterocycles. The molecule has 25 heavy (non-hydrogen) atoms. The number of aryl methyl sites for hydroxylation is 1. The van der Waals surface area contributed by atoms with Crippen LogP contribution in [-0.4, -0.2) is 20.7 Å². The van der Waals surface area contributed by atoms with Crippen molar-refractivity contribution in [1.82, 2.24) is 20.1 Å². The van der Waals surface area contributed by atoms with Crippen LogP contribution in [0.4, 0.5) is 0 Å². The summed E-state index contributed by atoms with van der Waals surface area (Å²) in [6.07, 6.45) is 2.58. The van der Waals surface area contributed by atoms with Gasteiger partial charge < -0.3 is 5.32 Å². The highest BCUT2D eigenvalue weighted by molar-refractivity contribution is 5.83. The zero-order valence-electron chi connectivity index (χ0n) is 14.6. The highest BCUT2D eigenvalue weighted by Crippen LogP contribution is 2.38. The van der Waals surface area contributed by atoms with Crippen LogP contribution in [0.2, 0.25) is 0 Å². The Labute approximate surface area is 147 Å². The molecule has 128 valence electrons. The first-order valence-electron chi connectivity index (χ1n) is 8.78. The predicted octanol–water partition coefficient (Wildman–Crippen LogP) is 3.27. The van der Waals surface area contributed by atoms with Gasteiger partial charge in [0, 0.05) is 13.0 Å². The Kier molecular flexibility index (Phi) is 3.99. The smallest absolute Gasteiger partial charge is 0.228 e. The molecule has 0 spiro atoms.